The second kappa shape index (κ2) is 6.00. The lowest BCUT2D eigenvalue weighted by Gasteiger charge is -2.09. The standard InChI is InChI=1S/C14H17N3O/c1-2-3-9-16-14(18)17-13-8-4-7-12-11(13)6-5-10-15-12/h4-8,10H,2-3,9H2,1H3,(H2,16,17,18). The normalized spacial score (nSPS) is 10.3. The van der Waals surface area contributed by atoms with Crippen LogP contribution >= 0.6 is 0 Å². The lowest BCUT2D eigenvalue weighted by molar-refractivity contribution is 0.252. The average molecular weight is 243 g/mol. The van der Waals surface area contributed by atoms with E-state index in [1.807, 2.05) is 30.3 Å². The molecular formula is C14H17N3O. The van der Waals surface area contributed by atoms with Gasteiger partial charge in [0.15, 0.2) is 0 Å². The van der Waals surface area contributed by atoms with Crippen LogP contribution in [0.5, 0.6) is 0 Å². The third kappa shape index (κ3) is 2.97. The number of hydrogen-bond acceptors (Lipinski definition) is 2. The van der Waals surface area contributed by atoms with E-state index in [4.69, 9.17) is 0 Å². The second-order valence-electron chi connectivity index (χ2n) is 4.11. The number of amides is 2. The Bertz CT molecular complexity index is 534. The predicted molar refractivity (Wildman–Crippen MR) is 73.7 cm³/mol. The summed E-state index contributed by atoms with van der Waals surface area (Å²) >= 11 is 0. The molecule has 0 saturated carbocycles. The van der Waals surface area contributed by atoms with Crippen LogP contribution in [0, 0.1) is 0 Å². The molecule has 0 aliphatic carbocycles. The Kier molecular flexibility index (Phi) is 4.12. The number of nitrogens with one attached hydrogen (secondary N) is 2. The minimum Gasteiger partial charge on any atom is -0.338 e. The number of benzene rings is 1. The Labute approximate surface area is 106 Å². The van der Waals surface area contributed by atoms with Crippen LogP contribution < -0.4 is 10.6 Å². The molecule has 0 saturated heterocycles. The van der Waals surface area contributed by atoms with Crippen LogP contribution in [0.3, 0.4) is 0 Å². The van der Waals surface area contributed by atoms with E-state index in [1.165, 1.54) is 0 Å². The maximum atomic E-state index is 11.7. The van der Waals surface area contributed by atoms with E-state index >= 15 is 0 Å². The molecule has 1 aromatic heterocycles. The Hall–Kier alpha value is -2.10. The Morgan fingerprint density at radius 3 is 3.00 bits per heavy atom. The highest BCUT2D eigenvalue weighted by atomic mass is 16.2. The van der Waals surface area contributed by atoms with Gasteiger partial charge in [-0.15, -0.1) is 0 Å². The molecule has 0 spiro atoms. The summed E-state index contributed by atoms with van der Waals surface area (Å²) in [5.74, 6) is 0. The fourth-order valence-corrected chi connectivity index (χ4v) is 1.76. The van der Waals surface area contributed by atoms with E-state index in [1.54, 1.807) is 6.20 Å². The molecule has 0 aliphatic rings. The van der Waals surface area contributed by atoms with E-state index in [0.29, 0.717) is 6.54 Å². The van der Waals surface area contributed by atoms with Crippen LogP contribution in [0.4, 0.5) is 10.5 Å². The second-order valence-corrected chi connectivity index (χ2v) is 4.11. The van der Waals surface area contributed by atoms with Crippen molar-refractivity contribution in [2.24, 2.45) is 0 Å². The average Bonchev–Trinajstić information content (AvgIpc) is 2.39. The fraction of sp³-hybridized carbons (Fsp3) is 0.286. The van der Waals surface area contributed by atoms with Gasteiger partial charge in [-0.2, -0.15) is 0 Å². The monoisotopic (exact) mass is 243 g/mol. The molecule has 0 fully saturated rings. The summed E-state index contributed by atoms with van der Waals surface area (Å²) in [4.78, 5) is 15.9. The summed E-state index contributed by atoms with van der Waals surface area (Å²) in [6.07, 6.45) is 3.80. The molecule has 1 aromatic carbocycles. The predicted octanol–water partition coefficient (Wildman–Crippen LogP) is 3.16. The molecule has 0 radical (unpaired) electrons. The summed E-state index contributed by atoms with van der Waals surface area (Å²) in [5, 5.41) is 6.63. The van der Waals surface area contributed by atoms with Gasteiger partial charge in [0.2, 0.25) is 0 Å². The molecule has 0 bridgehead atoms. The number of pyridine rings is 1. The van der Waals surface area contributed by atoms with E-state index in [2.05, 4.69) is 22.5 Å². The van der Waals surface area contributed by atoms with Crippen molar-refractivity contribution in [2.45, 2.75) is 19.8 Å². The van der Waals surface area contributed by atoms with Crippen LogP contribution in [0.1, 0.15) is 19.8 Å². The number of hydrogen-bond donors (Lipinski definition) is 2. The van der Waals surface area contributed by atoms with Gasteiger partial charge >= 0.3 is 6.03 Å². The zero-order chi connectivity index (χ0) is 12.8. The number of nitrogens with zero attached hydrogens (tertiary/aromatic N) is 1. The summed E-state index contributed by atoms with van der Waals surface area (Å²) in [6, 6.07) is 9.34. The Morgan fingerprint density at radius 2 is 2.17 bits per heavy atom. The quantitative estimate of drug-likeness (QED) is 0.810. The van der Waals surface area contributed by atoms with Gasteiger partial charge < -0.3 is 10.6 Å². The van der Waals surface area contributed by atoms with Crippen LogP contribution in [-0.2, 0) is 0 Å². The topological polar surface area (TPSA) is 54.0 Å². The SMILES string of the molecule is CCCCNC(=O)Nc1cccc2ncccc12. The van der Waals surface area contributed by atoms with E-state index < -0.39 is 0 Å². The maximum Gasteiger partial charge on any atom is 0.319 e. The van der Waals surface area contributed by atoms with Crippen molar-refractivity contribution >= 4 is 22.6 Å². The van der Waals surface area contributed by atoms with E-state index in [9.17, 15) is 4.79 Å². The van der Waals surface area contributed by atoms with Crippen molar-refractivity contribution in [3.63, 3.8) is 0 Å². The van der Waals surface area contributed by atoms with Gasteiger partial charge in [0.1, 0.15) is 0 Å². The molecular weight excluding hydrogens is 226 g/mol. The highest BCUT2D eigenvalue weighted by Gasteiger charge is 2.04. The number of rotatable bonds is 4. The van der Waals surface area contributed by atoms with Crippen LogP contribution in [-0.4, -0.2) is 17.6 Å². The third-order valence-electron chi connectivity index (χ3n) is 2.71. The van der Waals surface area contributed by atoms with Crippen molar-refractivity contribution in [3.05, 3.63) is 36.5 Å². The van der Waals surface area contributed by atoms with Crippen molar-refractivity contribution in [2.75, 3.05) is 11.9 Å². The molecule has 2 N–H and O–H groups in total. The third-order valence-corrected chi connectivity index (χ3v) is 2.71. The molecule has 4 heteroatoms. The summed E-state index contributed by atoms with van der Waals surface area (Å²) in [6.45, 7) is 2.79. The van der Waals surface area contributed by atoms with Crippen molar-refractivity contribution < 1.29 is 4.79 Å². The summed E-state index contributed by atoms with van der Waals surface area (Å²) in [5.41, 5.74) is 1.67. The van der Waals surface area contributed by atoms with Crippen LogP contribution in [0.15, 0.2) is 36.5 Å². The van der Waals surface area contributed by atoms with Gasteiger partial charge in [0.05, 0.1) is 11.2 Å². The largest absolute Gasteiger partial charge is 0.338 e. The molecule has 18 heavy (non-hydrogen) atoms. The number of unbranched alkanes of at least 4 members (excludes halogenated alkanes) is 1. The molecule has 0 atom stereocenters. The summed E-state index contributed by atoms with van der Waals surface area (Å²) in [7, 11) is 0. The lowest BCUT2D eigenvalue weighted by Crippen LogP contribution is -2.29. The zero-order valence-corrected chi connectivity index (χ0v) is 10.4. The first kappa shape index (κ1) is 12.4. The van der Waals surface area contributed by atoms with E-state index in [0.717, 1.165) is 29.4 Å². The van der Waals surface area contributed by atoms with Gasteiger partial charge in [-0.05, 0) is 30.7 Å². The molecule has 0 aliphatic heterocycles. The number of aromatic nitrogens is 1. The van der Waals surface area contributed by atoms with Gasteiger partial charge in [-0.3, -0.25) is 4.98 Å². The molecule has 1 heterocycles. The van der Waals surface area contributed by atoms with Crippen LogP contribution in [0.25, 0.3) is 10.9 Å². The molecule has 2 aromatic rings. The van der Waals surface area contributed by atoms with Gasteiger partial charge in [0, 0.05) is 18.1 Å². The van der Waals surface area contributed by atoms with Crippen molar-refractivity contribution in [1.82, 2.24) is 10.3 Å². The molecule has 94 valence electrons. The molecule has 0 unspecified atom stereocenters. The van der Waals surface area contributed by atoms with Gasteiger partial charge in [-0.25, -0.2) is 4.79 Å². The summed E-state index contributed by atoms with van der Waals surface area (Å²) < 4.78 is 0. The Morgan fingerprint density at radius 1 is 1.28 bits per heavy atom. The maximum absolute atomic E-state index is 11.7. The molecule has 4 nitrogen and oxygen atoms in total. The number of urea groups is 1. The van der Waals surface area contributed by atoms with Gasteiger partial charge in [-0.1, -0.05) is 19.4 Å². The smallest absolute Gasteiger partial charge is 0.319 e. The Balaban J connectivity index is 2.09. The zero-order valence-electron chi connectivity index (χ0n) is 10.4. The molecule has 2 rings (SSSR count). The van der Waals surface area contributed by atoms with Crippen molar-refractivity contribution in [3.8, 4) is 0 Å². The minimum atomic E-state index is -0.167. The number of carbonyl (C=O) groups excluding carboxylic acids is 1. The number of fused-ring (bicyclic) bond motifs is 1. The van der Waals surface area contributed by atoms with E-state index in [-0.39, 0.29) is 6.03 Å². The first-order chi connectivity index (χ1) is 8.81. The number of anilines is 1. The highest BCUT2D eigenvalue weighted by molar-refractivity contribution is 6.00. The first-order valence-electron chi connectivity index (χ1n) is 6.20. The number of carbonyl (C=O) groups is 1. The lowest BCUT2D eigenvalue weighted by atomic mass is 10.2. The van der Waals surface area contributed by atoms with Gasteiger partial charge in [0.25, 0.3) is 0 Å². The van der Waals surface area contributed by atoms with Crippen molar-refractivity contribution in [1.29, 1.82) is 0 Å². The molecule has 2 amide bonds. The first-order valence-corrected chi connectivity index (χ1v) is 6.20. The van der Waals surface area contributed by atoms with Crippen LogP contribution in [0.2, 0.25) is 0 Å². The highest BCUT2D eigenvalue weighted by Crippen LogP contribution is 2.20. The minimum absolute atomic E-state index is 0.167. The fourth-order valence-electron chi connectivity index (χ4n) is 1.76.